The van der Waals surface area contributed by atoms with Gasteiger partial charge in [-0.3, -0.25) is 9.59 Å². The summed E-state index contributed by atoms with van der Waals surface area (Å²) in [6.45, 7) is 10.8. The Bertz CT molecular complexity index is 602. The maximum absolute atomic E-state index is 12.5. The standard InChI is InChI=1S/C23H38O6/c1-6-26-20(24)16-10-8-15(14-17(16)21(25)27-7-2)9-11-19-23(5,29-19)13-12-18-22(3,4)28-18/h15-19H,6-14H2,1-5H3. The lowest BCUT2D eigenvalue weighted by Gasteiger charge is -2.33. The molecular weight excluding hydrogens is 372 g/mol. The van der Waals surface area contributed by atoms with Crippen molar-refractivity contribution in [1.29, 1.82) is 0 Å². The van der Waals surface area contributed by atoms with Gasteiger partial charge in [0.15, 0.2) is 0 Å². The molecule has 2 heterocycles. The highest BCUT2D eigenvalue weighted by Gasteiger charge is 2.55. The first kappa shape index (κ1) is 22.5. The number of ether oxygens (including phenoxy) is 4. The van der Waals surface area contributed by atoms with E-state index in [2.05, 4.69) is 20.8 Å². The summed E-state index contributed by atoms with van der Waals surface area (Å²) in [4.78, 5) is 24.8. The molecule has 29 heavy (non-hydrogen) atoms. The molecule has 2 aliphatic heterocycles. The van der Waals surface area contributed by atoms with Crippen LogP contribution < -0.4 is 0 Å². The predicted octanol–water partition coefficient (Wildman–Crippen LogP) is 4.04. The van der Waals surface area contributed by atoms with E-state index >= 15 is 0 Å². The van der Waals surface area contributed by atoms with E-state index in [1.54, 1.807) is 13.8 Å². The molecule has 6 atom stereocenters. The van der Waals surface area contributed by atoms with Crippen molar-refractivity contribution in [2.75, 3.05) is 13.2 Å². The number of carbonyl (C=O) groups excluding carboxylic acids is 2. The van der Waals surface area contributed by atoms with E-state index in [9.17, 15) is 9.59 Å². The molecule has 1 aliphatic carbocycles. The quantitative estimate of drug-likeness (QED) is 0.399. The Morgan fingerprint density at radius 3 is 2.07 bits per heavy atom. The minimum absolute atomic E-state index is 0.0231. The van der Waals surface area contributed by atoms with E-state index in [0.717, 1.165) is 32.1 Å². The Labute approximate surface area is 175 Å². The Balaban J connectivity index is 1.45. The molecule has 3 rings (SSSR count). The Hall–Kier alpha value is -1.14. The monoisotopic (exact) mass is 410 g/mol. The van der Waals surface area contributed by atoms with E-state index < -0.39 is 0 Å². The van der Waals surface area contributed by atoms with Gasteiger partial charge < -0.3 is 18.9 Å². The van der Waals surface area contributed by atoms with Gasteiger partial charge in [-0.2, -0.15) is 0 Å². The second-order valence-corrected chi connectivity index (χ2v) is 9.64. The van der Waals surface area contributed by atoms with Gasteiger partial charge in [-0.15, -0.1) is 0 Å². The summed E-state index contributed by atoms with van der Waals surface area (Å²) in [5, 5.41) is 0. The fourth-order valence-electron chi connectivity index (χ4n) is 4.98. The number of esters is 2. The smallest absolute Gasteiger partial charge is 0.309 e. The van der Waals surface area contributed by atoms with Crippen LogP contribution >= 0.6 is 0 Å². The van der Waals surface area contributed by atoms with E-state index in [4.69, 9.17) is 18.9 Å². The Morgan fingerprint density at radius 2 is 1.48 bits per heavy atom. The molecular formula is C23H38O6. The van der Waals surface area contributed by atoms with Crippen LogP contribution in [0.15, 0.2) is 0 Å². The van der Waals surface area contributed by atoms with Crippen LogP contribution in [0.1, 0.15) is 79.6 Å². The molecule has 0 radical (unpaired) electrons. The van der Waals surface area contributed by atoms with E-state index in [0.29, 0.717) is 44.2 Å². The lowest BCUT2D eigenvalue weighted by atomic mass is 9.72. The number of rotatable bonds is 10. The average molecular weight is 411 g/mol. The van der Waals surface area contributed by atoms with Crippen LogP contribution in [0.25, 0.3) is 0 Å². The van der Waals surface area contributed by atoms with Crippen molar-refractivity contribution in [1.82, 2.24) is 0 Å². The number of carbonyl (C=O) groups is 2. The topological polar surface area (TPSA) is 77.7 Å². The third kappa shape index (κ3) is 5.52. The number of epoxide rings is 2. The third-order valence-corrected chi connectivity index (χ3v) is 7.08. The van der Waals surface area contributed by atoms with Crippen LogP contribution in [0.5, 0.6) is 0 Å². The van der Waals surface area contributed by atoms with Gasteiger partial charge in [-0.05, 0) is 85.5 Å². The predicted molar refractivity (Wildman–Crippen MR) is 108 cm³/mol. The van der Waals surface area contributed by atoms with Crippen molar-refractivity contribution >= 4 is 11.9 Å². The Kier molecular flexibility index (Phi) is 6.94. The SMILES string of the molecule is CCOC(=O)C1CCC(CCC2OC2(C)CCC2OC2(C)C)CC1C(=O)OCC. The van der Waals surface area contributed by atoms with E-state index in [1.165, 1.54) is 0 Å². The van der Waals surface area contributed by atoms with Crippen molar-refractivity contribution in [3.05, 3.63) is 0 Å². The Morgan fingerprint density at radius 1 is 0.862 bits per heavy atom. The zero-order valence-corrected chi connectivity index (χ0v) is 18.7. The third-order valence-electron chi connectivity index (χ3n) is 7.08. The zero-order chi connectivity index (χ0) is 21.2. The van der Waals surface area contributed by atoms with Gasteiger partial charge in [0.05, 0.1) is 48.5 Å². The molecule has 0 amide bonds. The molecule has 0 aromatic rings. The molecule has 3 fully saturated rings. The average Bonchev–Trinajstić information content (AvgIpc) is 3.52. The second kappa shape index (κ2) is 8.93. The van der Waals surface area contributed by atoms with Crippen molar-refractivity contribution in [2.24, 2.45) is 17.8 Å². The fourth-order valence-corrected chi connectivity index (χ4v) is 4.98. The van der Waals surface area contributed by atoms with Gasteiger partial charge in [0, 0.05) is 0 Å². The van der Waals surface area contributed by atoms with Gasteiger partial charge in [0.25, 0.3) is 0 Å². The van der Waals surface area contributed by atoms with E-state index in [1.807, 2.05) is 0 Å². The lowest BCUT2D eigenvalue weighted by molar-refractivity contribution is -0.163. The van der Waals surface area contributed by atoms with Crippen LogP contribution in [0.3, 0.4) is 0 Å². The summed E-state index contributed by atoms with van der Waals surface area (Å²) in [5.41, 5.74) is 0.0190. The summed E-state index contributed by atoms with van der Waals surface area (Å²) in [7, 11) is 0. The first-order chi connectivity index (χ1) is 13.7. The first-order valence-electron chi connectivity index (χ1n) is 11.4. The molecule has 166 valence electrons. The molecule has 0 aromatic carbocycles. The molecule has 2 saturated heterocycles. The van der Waals surface area contributed by atoms with E-state index in [-0.39, 0.29) is 35.0 Å². The highest BCUT2D eigenvalue weighted by atomic mass is 16.6. The molecule has 1 saturated carbocycles. The van der Waals surface area contributed by atoms with Crippen molar-refractivity contribution in [3.8, 4) is 0 Å². The maximum Gasteiger partial charge on any atom is 0.309 e. The van der Waals surface area contributed by atoms with Gasteiger partial charge in [-0.25, -0.2) is 0 Å². The second-order valence-electron chi connectivity index (χ2n) is 9.64. The normalized spacial score (nSPS) is 37.6. The molecule has 3 aliphatic rings. The minimum atomic E-state index is -0.381. The number of hydrogen-bond acceptors (Lipinski definition) is 6. The van der Waals surface area contributed by atoms with Crippen molar-refractivity contribution in [3.63, 3.8) is 0 Å². The van der Waals surface area contributed by atoms with Gasteiger partial charge in [0.2, 0.25) is 0 Å². The largest absolute Gasteiger partial charge is 0.466 e. The lowest BCUT2D eigenvalue weighted by Crippen LogP contribution is -2.37. The molecule has 0 bridgehead atoms. The summed E-state index contributed by atoms with van der Waals surface area (Å²) in [5.74, 6) is -0.834. The van der Waals surface area contributed by atoms with Crippen LogP contribution in [0.4, 0.5) is 0 Å². The van der Waals surface area contributed by atoms with Gasteiger partial charge >= 0.3 is 11.9 Å². The molecule has 0 spiro atoms. The van der Waals surface area contributed by atoms with Gasteiger partial charge in [-0.1, -0.05) is 0 Å². The van der Waals surface area contributed by atoms with Crippen LogP contribution in [0.2, 0.25) is 0 Å². The molecule has 0 aromatic heterocycles. The van der Waals surface area contributed by atoms with Gasteiger partial charge in [0.1, 0.15) is 0 Å². The summed E-state index contributed by atoms with van der Waals surface area (Å²) in [6, 6.07) is 0. The highest BCUT2D eigenvalue weighted by molar-refractivity contribution is 5.82. The fraction of sp³-hybridized carbons (Fsp3) is 0.913. The highest BCUT2D eigenvalue weighted by Crippen LogP contribution is 2.48. The van der Waals surface area contributed by atoms with Crippen LogP contribution in [0, 0.1) is 17.8 Å². The molecule has 0 N–H and O–H groups in total. The van der Waals surface area contributed by atoms with Crippen molar-refractivity contribution < 1.29 is 28.5 Å². The molecule has 6 nitrogen and oxygen atoms in total. The minimum Gasteiger partial charge on any atom is -0.466 e. The van der Waals surface area contributed by atoms with Crippen LogP contribution in [-0.4, -0.2) is 48.6 Å². The number of hydrogen-bond donors (Lipinski definition) is 0. The van der Waals surface area contributed by atoms with Crippen molar-refractivity contribution in [2.45, 2.75) is 103 Å². The zero-order valence-electron chi connectivity index (χ0n) is 18.7. The summed E-state index contributed by atoms with van der Waals surface area (Å²) in [6.07, 6.45) is 7.14. The molecule has 6 unspecified atom stereocenters. The summed E-state index contributed by atoms with van der Waals surface area (Å²) < 4.78 is 22.2. The maximum atomic E-state index is 12.5. The van der Waals surface area contributed by atoms with Crippen LogP contribution in [-0.2, 0) is 28.5 Å². The summed E-state index contributed by atoms with van der Waals surface area (Å²) >= 11 is 0. The molecule has 6 heteroatoms. The first-order valence-corrected chi connectivity index (χ1v) is 11.4.